The van der Waals surface area contributed by atoms with Crippen LogP contribution in [0.1, 0.15) is 53.7 Å². The number of fused-ring (bicyclic) bond motifs is 1. The molecule has 1 fully saturated rings. The second-order valence-corrected chi connectivity index (χ2v) is 7.21. The second kappa shape index (κ2) is 5.85. The van der Waals surface area contributed by atoms with Gasteiger partial charge in [-0.05, 0) is 37.1 Å². The number of rotatable bonds is 3. The molecule has 5 rings (SSSR count). The van der Waals surface area contributed by atoms with Crippen molar-refractivity contribution >= 4 is 11.7 Å². The van der Waals surface area contributed by atoms with Gasteiger partial charge in [0.1, 0.15) is 17.3 Å². The lowest BCUT2D eigenvalue weighted by atomic mass is 9.88. The summed E-state index contributed by atoms with van der Waals surface area (Å²) in [5.41, 5.74) is 3.49. The average Bonchev–Trinajstić information content (AvgIpc) is 3.32. The average molecular weight is 358 g/mol. The third-order valence-electron chi connectivity index (χ3n) is 5.36. The molecule has 134 valence electrons. The van der Waals surface area contributed by atoms with Crippen molar-refractivity contribution in [2.45, 2.75) is 31.1 Å². The van der Waals surface area contributed by atoms with Crippen LogP contribution in [0.5, 0.6) is 0 Å². The van der Waals surface area contributed by atoms with Crippen LogP contribution in [0.2, 0.25) is 0 Å². The molecule has 6 nitrogen and oxygen atoms in total. The Morgan fingerprint density at radius 1 is 1.26 bits per heavy atom. The number of amides is 1. The topological polar surface area (TPSA) is 83.9 Å². The Morgan fingerprint density at radius 2 is 2.07 bits per heavy atom. The number of nitrogens with zero attached hydrogens (tertiary/aromatic N) is 3. The number of aromatic nitrogens is 2. The van der Waals surface area contributed by atoms with E-state index >= 15 is 0 Å². The Bertz CT molecular complexity index is 1100. The molecule has 2 aromatic heterocycles. The smallest absolute Gasteiger partial charge is 0.226 e. The van der Waals surface area contributed by atoms with Crippen molar-refractivity contribution in [1.82, 2.24) is 9.78 Å². The lowest BCUT2D eigenvalue weighted by Crippen LogP contribution is -2.24. The molecule has 1 aliphatic carbocycles. The summed E-state index contributed by atoms with van der Waals surface area (Å²) < 4.78 is 7.92. The number of carbonyl (C=O) groups excluding carboxylic acids is 1. The summed E-state index contributed by atoms with van der Waals surface area (Å²) >= 11 is 0. The summed E-state index contributed by atoms with van der Waals surface area (Å²) in [5, 5.41) is 17.0. The summed E-state index contributed by atoms with van der Waals surface area (Å²) in [6, 6.07) is 13.4. The minimum Gasteiger partial charge on any atom is -0.460 e. The van der Waals surface area contributed by atoms with Crippen molar-refractivity contribution in [3.63, 3.8) is 0 Å². The third kappa shape index (κ3) is 2.55. The third-order valence-corrected chi connectivity index (χ3v) is 5.36. The van der Waals surface area contributed by atoms with Crippen molar-refractivity contribution in [3.05, 3.63) is 59.0 Å². The summed E-state index contributed by atoms with van der Waals surface area (Å²) in [4.78, 5) is 12.3. The van der Waals surface area contributed by atoms with E-state index in [4.69, 9.17) is 4.42 Å². The fourth-order valence-electron chi connectivity index (χ4n) is 3.90. The van der Waals surface area contributed by atoms with Crippen LogP contribution in [0.4, 0.5) is 5.82 Å². The predicted octanol–water partition coefficient (Wildman–Crippen LogP) is 3.90. The van der Waals surface area contributed by atoms with Crippen LogP contribution in [0, 0.1) is 11.3 Å². The second-order valence-electron chi connectivity index (χ2n) is 7.21. The molecule has 3 aromatic rings. The molecule has 0 saturated heterocycles. The van der Waals surface area contributed by atoms with E-state index in [0.29, 0.717) is 23.7 Å². The summed E-state index contributed by atoms with van der Waals surface area (Å²) in [7, 11) is 1.87. The maximum Gasteiger partial charge on any atom is 0.226 e. The highest BCUT2D eigenvalue weighted by Gasteiger charge is 2.39. The maximum atomic E-state index is 12.3. The van der Waals surface area contributed by atoms with Crippen molar-refractivity contribution < 1.29 is 9.21 Å². The zero-order chi connectivity index (χ0) is 18.5. The minimum absolute atomic E-state index is 0.0341. The van der Waals surface area contributed by atoms with E-state index in [1.54, 1.807) is 10.7 Å². The van der Waals surface area contributed by atoms with Gasteiger partial charge in [-0.3, -0.25) is 9.48 Å². The first-order valence-electron chi connectivity index (χ1n) is 9.11. The van der Waals surface area contributed by atoms with Crippen LogP contribution < -0.4 is 5.32 Å². The normalized spacial score (nSPS) is 18.7. The molecule has 1 amide bonds. The van der Waals surface area contributed by atoms with Gasteiger partial charge < -0.3 is 9.73 Å². The Labute approximate surface area is 156 Å². The van der Waals surface area contributed by atoms with Gasteiger partial charge in [0.25, 0.3) is 0 Å². The van der Waals surface area contributed by atoms with E-state index in [-0.39, 0.29) is 11.8 Å². The van der Waals surface area contributed by atoms with E-state index in [9.17, 15) is 10.1 Å². The van der Waals surface area contributed by atoms with Crippen LogP contribution in [0.25, 0.3) is 11.3 Å². The molecule has 0 bridgehead atoms. The molecule has 3 heterocycles. The lowest BCUT2D eigenvalue weighted by Gasteiger charge is -2.22. The number of hydrogen-bond acceptors (Lipinski definition) is 4. The van der Waals surface area contributed by atoms with E-state index in [0.717, 1.165) is 41.2 Å². The monoisotopic (exact) mass is 358 g/mol. The Hall–Kier alpha value is -3.33. The van der Waals surface area contributed by atoms with Gasteiger partial charge in [0.15, 0.2) is 0 Å². The number of aryl methyl sites for hydroxylation is 1. The number of benzene rings is 1. The number of nitriles is 1. The van der Waals surface area contributed by atoms with Gasteiger partial charge in [0, 0.05) is 30.5 Å². The highest BCUT2D eigenvalue weighted by molar-refractivity contribution is 5.94. The Balaban J connectivity index is 1.60. The molecule has 27 heavy (non-hydrogen) atoms. The van der Waals surface area contributed by atoms with Crippen LogP contribution in [0.3, 0.4) is 0 Å². The van der Waals surface area contributed by atoms with Gasteiger partial charge >= 0.3 is 0 Å². The molecule has 0 radical (unpaired) electrons. The van der Waals surface area contributed by atoms with Gasteiger partial charge in [-0.15, -0.1) is 0 Å². The van der Waals surface area contributed by atoms with E-state index in [1.807, 2.05) is 37.4 Å². The maximum absolute atomic E-state index is 12.3. The molecule has 6 heteroatoms. The molecule has 1 aliphatic heterocycles. The Morgan fingerprint density at radius 3 is 2.85 bits per heavy atom. The standard InChI is InChI=1S/C21H18N4O2/c1-25-21-19(20(24-25)12-6-7-12)15(10-18(26)23-21)17-9-8-16(27-17)14-5-3-2-4-13(14)11-22/h2-5,8-9,12,15H,6-7,10H2,1H3,(H,23,26)/t15-/m1/s1. The first kappa shape index (κ1) is 15.9. The zero-order valence-corrected chi connectivity index (χ0v) is 14.9. The van der Waals surface area contributed by atoms with Crippen LogP contribution in [-0.4, -0.2) is 15.7 Å². The SMILES string of the molecule is Cn1nc(C2CC2)c2c1NC(=O)C[C@@H]2c1ccc(-c2ccccc2C#N)o1. The Kier molecular flexibility index (Phi) is 3.44. The molecule has 1 aromatic carbocycles. The minimum atomic E-state index is -0.152. The first-order chi connectivity index (χ1) is 13.2. The number of furan rings is 1. The molecular formula is C21H18N4O2. The molecular weight excluding hydrogens is 340 g/mol. The number of anilines is 1. The highest BCUT2D eigenvalue weighted by Crippen LogP contribution is 2.48. The van der Waals surface area contributed by atoms with E-state index in [2.05, 4.69) is 16.5 Å². The summed E-state index contributed by atoms with van der Waals surface area (Å²) in [5.74, 6) is 2.45. The van der Waals surface area contributed by atoms with Gasteiger partial charge in [-0.25, -0.2) is 0 Å². The molecule has 2 aliphatic rings. The number of carbonyl (C=O) groups is 1. The number of hydrogen-bond donors (Lipinski definition) is 1. The molecule has 0 unspecified atom stereocenters. The molecule has 1 N–H and O–H groups in total. The van der Waals surface area contributed by atoms with Crippen molar-refractivity contribution in [3.8, 4) is 17.4 Å². The summed E-state index contributed by atoms with van der Waals surface area (Å²) in [6.07, 6.45) is 2.62. The molecule has 1 atom stereocenters. The lowest BCUT2D eigenvalue weighted by molar-refractivity contribution is -0.116. The van der Waals surface area contributed by atoms with Gasteiger partial charge in [0.05, 0.1) is 23.2 Å². The van der Waals surface area contributed by atoms with Crippen LogP contribution in [0.15, 0.2) is 40.8 Å². The predicted molar refractivity (Wildman–Crippen MR) is 99.1 cm³/mol. The van der Waals surface area contributed by atoms with Gasteiger partial charge in [-0.2, -0.15) is 10.4 Å². The zero-order valence-electron chi connectivity index (χ0n) is 14.9. The fourth-order valence-corrected chi connectivity index (χ4v) is 3.90. The number of nitrogens with one attached hydrogen (secondary N) is 1. The van der Waals surface area contributed by atoms with Gasteiger partial charge in [0.2, 0.25) is 5.91 Å². The van der Waals surface area contributed by atoms with Crippen molar-refractivity contribution in [1.29, 1.82) is 5.26 Å². The van der Waals surface area contributed by atoms with Crippen molar-refractivity contribution in [2.24, 2.45) is 7.05 Å². The van der Waals surface area contributed by atoms with Gasteiger partial charge in [-0.1, -0.05) is 12.1 Å². The first-order valence-corrected chi connectivity index (χ1v) is 9.11. The van der Waals surface area contributed by atoms with Crippen molar-refractivity contribution in [2.75, 3.05) is 5.32 Å². The quantitative estimate of drug-likeness (QED) is 0.769. The van der Waals surface area contributed by atoms with E-state index in [1.165, 1.54) is 0 Å². The van der Waals surface area contributed by atoms with Crippen LogP contribution >= 0.6 is 0 Å². The van der Waals surface area contributed by atoms with E-state index < -0.39 is 0 Å². The molecule has 0 spiro atoms. The summed E-state index contributed by atoms with van der Waals surface area (Å²) in [6.45, 7) is 0. The molecule has 1 saturated carbocycles. The largest absolute Gasteiger partial charge is 0.460 e. The fraction of sp³-hybridized carbons (Fsp3) is 0.286. The highest BCUT2D eigenvalue weighted by atomic mass is 16.3. The van der Waals surface area contributed by atoms with Crippen LogP contribution in [-0.2, 0) is 11.8 Å².